The smallest absolute Gasteiger partial charge is 0.0460 e. The third-order valence-electron chi connectivity index (χ3n) is 2.46. The summed E-state index contributed by atoms with van der Waals surface area (Å²) in [5.41, 5.74) is 8.02. The molecule has 0 aromatic heterocycles. The van der Waals surface area contributed by atoms with Crippen molar-refractivity contribution in [1.29, 1.82) is 0 Å². The Kier molecular flexibility index (Phi) is 4.13. The van der Waals surface area contributed by atoms with E-state index in [1.165, 1.54) is 0 Å². The standard InChI is InChI=1S/C14H23BrN2/c1-13(2,3)9-14(4,5)17-10-6-7-12(16)11(15)8-10/h6-8,17H,9,16H2,1-5H3. The number of anilines is 2. The maximum absolute atomic E-state index is 5.78. The van der Waals surface area contributed by atoms with Crippen LogP contribution in [-0.4, -0.2) is 5.54 Å². The van der Waals surface area contributed by atoms with Gasteiger partial charge in [0.25, 0.3) is 0 Å². The minimum absolute atomic E-state index is 0.0633. The lowest BCUT2D eigenvalue weighted by Crippen LogP contribution is -2.35. The minimum atomic E-state index is 0.0633. The maximum atomic E-state index is 5.78. The lowest BCUT2D eigenvalue weighted by molar-refractivity contribution is 0.302. The third-order valence-corrected chi connectivity index (χ3v) is 3.14. The van der Waals surface area contributed by atoms with Gasteiger partial charge in [0.15, 0.2) is 0 Å². The van der Waals surface area contributed by atoms with Crippen LogP contribution in [0.15, 0.2) is 22.7 Å². The van der Waals surface area contributed by atoms with Gasteiger partial charge in [-0.05, 0) is 59.8 Å². The minimum Gasteiger partial charge on any atom is -0.398 e. The Hall–Kier alpha value is -0.700. The molecular weight excluding hydrogens is 276 g/mol. The van der Waals surface area contributed by atoms with Crippen LogP contribution in [0, 0.1) is 5.41 Å². The normalized spacial score (nSPS) is 12.6. The number of hydrogen-bond donors (Lipinski definition) is 2. The summed E-state index contributed by atoms with van der Waals surface area (Å²) in [6, 6.07) is 5.96. The first-order chi connectivity index (χ1) is 7.59. The van der Waals surface area contributed by atoms with E-state index in [0.29, 0.717) is 5.41 Å². The highest BCUT2D eigenvalue weighted by Crippen LogP contribution is 2.31. The first-order valence-corrected chi connectivity index (χ1v) is 6.72. The molecule has 17 heavy (non-hydrogen) atoms. The largest absolute Gasteiger partial charge is 0.398 e. The van der Waals surface area contributed by atoms with Gasteiger partial charge >= 0.3 is 0 Å². The quantitative estimate of drug-likeness (QED) is 0.797. The molecule has 0 unspecified atom stereocenters. The van der Waals surface area contributed by atoms with Crippen LogP contribution in [-0.2, 0) is 0 Å². The fraction of sp³-hybridized carbons (Fsp3) is 0.571. The summed E-state index contributed by atoms with van der Waals surface area (Å²) in [5, 5.41) is 3.56. The first-order valence-electron chi connectivity index (χ1n) is 5.92. The van der Waals surface area contributed by atoms with E-state index in [0.717, 1.165) is 22.3 Å². The molecule has 2 nitrogen and oxygen atoms in total. The molecule has 0 amide bonds. The molecule has 3 N–H and O–H groups in total. The fourth-order valence-corrected chi connectivity index (χ4v) is 2.74. The number of nitrogen functional groups attached to an aromatic ring is 1. The van der Waals surface area contributed by atoms with Gasteiger partial charge < -0.3 is 11.1 Å². The van der Waals surface area contributed by atoms with Crippen LogP contribution in [0.1, 0.15) is 41.0 Å². The average Bonchev–Trinajstić information content (AvgIpc) is 2.06. The van der Waals surface area contributed by atoms with Crippen molar-refractivity contribution in [2.24, 2.45) is 5.41 Å². The molecule has 96 valence electrons. The second kappa shape index (κ2) is 4.89. The van der Waals surface area contributed by atoms with Crippen LogP contribution in [0.2, 0.25) is 0 Å². The molecule has 0 saturated carbocycles. The van der Waals surface area contributed by atoms with Crippen molar-refractivity contribution in [3.8, 4) is 0 Å². The number of benzene rings is 1. The molecule has 0 heterocycles. The van der Waals surface area contributed by atoms with E-state index in [1.807, 2.05) is 18.2 Å². The molecule has 0 spiro atoms. The van der Waals surface area contributed by atoms with Gasteiger partial charge in [-0.15, -0.1) is 0 Å². The van der Waals surface area contributed by atoms with Gasteiger partial charge in [0, 0.05) is 21.4 Å². The zero-order valence-electron chi connectivity index (χ0n) is 11.4. The molecule has 0 fully saturated rings. The van der Waals surface area contributed by atoms with E-state index < -0.39 is 0 Å². The van der Waals surface area contributed by atoms with Gasteiger partial charge in [-0.3, -0.25) is 0 Å². The Morgan fingerprint density at radius 3 is 2.24 bits per heavy atom. The molecule has 1 aromatic carbocycles. The third kappa shape index (κ3) is 4.99. The molecule has 1 aromatic rings. The Bertz CT molecular complexity index is 392. The molecule has 0 aliphatic rings. The summed E-state index contributed by atoms with van der Waals surface area (Å²) in [6.07, 6.45) is 1.10. The van der Waals surface area contributed by atoms with Gasteiger partial charge in [0.2, 0.25) is 0 Å². The summed E-state index contributed by atoms with van der Waals surface area (Å²) < 4.78 is 0.939. The molecule has 0 atom stereocenters. The van der Waals surface area contributed by atoms with E-state index in [9.17, 15) is 0 Å². The zero-order chi connectivity index (χ0) is 13.3. The van der Waals surface area contributed by atoms with Gasteiger partial charge in [-0.1, -0.05) is 20.8 Å². The van der Waals surface area contributed by atoms with E-state index >= 15 is 0 Å². The van der Waals surface area contributed by atoms with Gasteiger partial charge in [-0.25, -0.2) is 0 Å². The number of halogens is 1. The van der Waals surface area contributed by atoms with Crippen LogP contribution in [0.4, 0.5) is 11.4 Å². The topological polar surface area (TPSA) is 38.0 Å². The first kappa shape index (κ1) is 14.4. The summed E-state index contributed by atoms with van der Waals surface area (Å²) in [6.45, 7) is 11.2. The number of rotatable bonds is 3. The lowest BCUT2D eigenvalue weighted by Gasteiger charge is -2.34. The second-order valence-electron chi connectivity index (χ2n) is 6.48. The summed E-state index contributed by atoms with van der Waals surface area (Å²) in [7, 11) is 0. The summed E-state index contributed by atoms with van der Waals surface area (Å²) >= 11 is 3.45. The van der Waals surface area contributed by atoms with Crippen LogP contribution in [0.25, 0.3) is 0 Å². The van der Waals surface area contributed by atoms with Crippen molar-refractivity contribution in [2.45, 2.75) is 46.6 Å². The molecule has 0 aliphatic carbocycles. The van der Waals surface area contributed by atoms with Crippen molar-refractivity contribution in [3.63, 3.8) is 0 Å². The Balaban J connectivity index is 2.79. The fourth-order valence-electron chi connectivity index (χ4n) is 2.37. The molecular formula is C14H23BrN2. The predicted molar refractivity (Wildman–Crippen MR) is 80.3 cm³/mol. The van der Waals surface area contributed by atoms with Gasteiger partial charge in [0.1, 0.15) is 0 Å². The van der Waals surface area contributed by atoms with Gasteiger partial charge in [-0.2, -0.15) is 0 Å². The number of hydrogen-bond acceptors (Lipinski definition) is 2. The monoisotopic (exact) mass is 298 g/mol. The summed E-state index contributed by atoms with van der Waals surface area (Å²) in [5.74, 6) is 0. The molecule has 0 radical (unpaired) electrons. The van der Waals surface area contributed by atoms with Crippen molar-refractivity contribution in [1.82, 2.24) is 0 Å². The zero-order valence-corrected chi connectivity index (χ0v) is 13.0. The lowest BCUT2D eigenvalue weighted by atomic mass is 9.81. The van der Waals surface area contributed by atoms with Crippen molar-refractivity contribution in [2.75, 3.05) is 11.1 Å². The van der Waals surface area contributed by atoms with E-state index in [1.54, 1.807) is 0 Å². The molecule has 0 saturated heterocycles. The highest BCUT2D eigenvalue weighted by Gasteiger charge is 2.25. The molecule has 0 aliphatic heterocycles. The van der Waals surface area contributed by atoms with Crippen molar-refractivity contribution >= 4 is 27.3 Å². The SMILES string of the molecule is CC(C)(C)CC(C)(C)Nc1ccc(N)c(Br)c1. The summed E-state index contributed by atoms with van der Waals surface area (Å²) in [4.78, 5) is 0. The highest BCUT2D eigenvalue weighted by molar-refractivity contribution is 9.10. The Labute approximate surface area is 113 Å². The van der Waals surface area contributed by atoms with Gasteiger partial charge in [0.05, 0.1) is 0 Å². The van der Waals surface area contributed by atoms with Crippen LogP contribution in [0.3, 0.4) is 0 Å². The van der Waals surface area contributed by atoms with E-state index in [4.69, 9.17) is 5.73 Å². The van der Waals surface area contributed by atoms with E-state index in [-0.39, 0.29) is 5.54 Å². The van der Waals surface area contributed by atoms with Crippen molar-refractivity contribution < 1.29 is 0 Å². The van der Waals surface area contributed by atoms with Crippen LogP contribution < -0.4 is 11.1 Å². The predicted octanol–water partition coefficient (Wildman–Crippen LogP) is 4.66. The van der Waals surface area contributed by atoms with E-state index in [2.05, 4.69) is 55.9 Å². The van der Waals surface area contributed by atoms with Crippen LogP contribution in [0.5, 0.6) is 0 Å². The highest BCUT2D eigenvalue weighted by atomic mass is 79.9. The number of nitrogens with one attached hydrogen (secondary N) is 1. The number of nitrogens with two attached hydrogens (primary N) is 1. The molecule has 1 rings (SSSR count). The molecule has 3 heteroatoms. The second-order valence-corrected chi connectivity index (χ2v) is 7.34. The Morgan fingerprint density at radius 2 is 1.76 bits per heavy atom. The average molecular weight is 299 g/mol. The van der Waals surface area contributed by atoms with Crippen LogP contribution >= 0.6 is 15.9 Å². The maximum Gasteiger partial charge on any atom is 0.0460 e. The molecule has 0 bridgehead atoms. The Morgan fingerprint density at radius 1 is 1.18 bits per heavy atom. The van der Waals surface area contributed by atoms with Crippen molar-refractivity contribution in [3.05, 3.63) is 22.7 Å².